The van der Waals surface area contributed by atoms with Crippen LogP contribution in [0.3, 0.4) is 0 Å². The summed E-state index contributed by atoms with van der Waals surface area (Å²) in [6.07, 6.45) is 3.55. The fourth-order valence-corrected chi connectivity index (χ4v) is 4.61. The van der Waals surface area contributed by atoms with Crippen molar-refractivity contribution >= 4 is 23.6 Å². The fraction of sp³-hybridized carbons (Fsp3) is 0.500. The molecular formula is C28H39N3O8. The predicted octanol–water partition coefficient (Wildman–Crippen LogP) is 1.72. The molecule has 0 spiro atoms. The molecule has 0 aromatic carbocycles. The van der Waals surface area contributed by atoms with Crippen LogP contribution in [-0.4, -0.2) is 67.3 Å². The van der Waals surface area contributed by atoms with E-state index in [-0.39, 0.29) is 34.9 Å². The average Bonchev–Trinajstić information content (AvgIpc) is 2.88. The summed E-state index contributed by atoms with van der Waals surface area (Å²) in [5.41, 5.74) is 11.9. The van der Waals surface area contributed by atoms with Gasteiger partial charge in [0.05, 0.1) is 23.6 Å². The van der Waals surface area contributed by atoms with E-state index in [1.807, 2.05) is 6.92 Å². The van der Waals surface area contributed by atoms with E-state index in [2.05, 4.69) is 5.32 Å². The standard InChI is InChI=1S/C28H39N3O8/c1-14-10-18-23(29)20(32)13-19(25(18)34)31-27(35)15(2)8-7-9-21(37-5)26(39-28(30)36)17(4)12-16(3)24(33)22(11-14)38-6/h7-9,12-14,16,21-22,24,26,33H,10-11,29H2,1-6H3,(H2,30,36)(H,31,35). The molecule has 2 aliphatic rings. The Kier molecular flexibility index (Phi) is 11.4. The summed E-state index contributed by atoms with van der Waals surface area (Å²) in [5.74, 6) is -2.37. The van der Waals surface area contributed by atoms with Crippen molar-refractivity contribution in [3.63, 3.8) is 0 Å². The van der Waals surface area contributed by atoms with Crippen molar-refractivity contribution in [2.24, 2.45) is 23.3 Å². The number of aliphatic hydroxyl groups is 1. The second kappa shape index (κ2) is 14.0. The number of hydrogen-bond donors (Lipinski definition) is 4. The van der Waals surface area contributed by atoms with Crippen LogP contribution in [0.1, 0.15) is 40.5 Å². The van der Waals surface area contributed by atoms with Gasteiger partial charge in [0.1, 0.15) is 6.10 Å². The Morgan fingerprint density at radius 3 is 2.38 bits per heavy atom. The maximum Gasteiger partial charge on any atom is 0.405 e. The first-order valence-electron chi connectivity index (χ1n) is 12.6. The van der Waals surface area contributed by atoms with Crippen LogP contribution in [0.5, 0.6) is 0 Å². The quantitative estimate of drug-likeness (QED) is 0.303. The van der Waals surface area contributed by atoms with Crippen LogP contribution < -0.4 is 16.8 Å². The van der Waals surface area contributed by atoms with Crippen molar-refractivity contribution in [1.29, 1.82) is 0 Å². The highest BCUT2D eigenvalue weighted by atomic mass is 16.6. The number of hydrogen-bond acceptors (Lipinski definition) is 9. The molecule has 0 aromatic rings. The van der Waals surface area contributed by atoms with E-state index in [9.17, 15) is 24.3 Å². The number of carbonyl (C=O) groups is 4. The first-order chi connectivity index (χ1) is 18.3. The summed E-state index contributed by atoms with van der Waals surface area (Å²) in [5, 5.41) is 13.6. The van der Waals surface area contributed by atoms with Gasteiger partial charge in [-0.1, -0.05) is 38.2 Å². The molecule has 1 heterocycles. The average molecular weight is 546 g/mol. The number of nitrogens with two attached hydrogens (primary N) is 2. The third kappa shape index (κ3) is 8.22. The summed E-state index contributed by atoms with van der Waals surface area (Å²) in [6, 6.07) is 0. The van der Waals surface area contributed by atoms with Gasteiger partial charge in [0.2, 0.25) is 11.6 Å². The zero-order valence-corrected chi connectivity index (χ0v) is 23.2. The number of aliphatic hydroxyl groups excluding tert-OH is 1. The predicted molar refractivity (Wildman–Crippen MR) is 144 cm³/mol. The van der Waals surface area contributed by atoms with Crippen molar-refractivity contribution in [3.05, 3.63) is 58.5 Å². The highest BCUT2D eigenvalue weighted by Crippen LogP contribution is 2.28. The number of Topliss-reactive ketones (excluding diaryl/α,β-unsaturated/α-hetero) is 1. The van der Waals surface area contributed by atoms with E-state index in [1.165, 1.54) is 33.3 Å². The van der Waals surface area contributed by atoms with Gasteiger partial charge in [-0.3, -0.25) is 14.4 Å². The monoisotopic (exact) mass is 545 g/mol. The first-order valence-corrected chi connectivity index (χ1v) is 12.6. The number of fused-ring (bicyclic) bond motifs is 2. The Morgan fingerprint density at radius 2 is 1.79 bits per heavy atom. The molecule has 6 atom stereocenters. The minimum atomic E-state index is -1.00. The molecule has 0 saturated heterocycles. The Morgan fingerprint density at radius 1 is 1.13 bits per heavy atom. The SMILES string of the molecule is COC1C=CC=C(C)C(=O)NC2=CC(=O)C(N)=C(CC(C)CC(OC)C(O)C(C)C=C(C)C1OC(N)=O)C2=O. The van der Waals surface area contributed by atoms with E-state index in [4.69, 9.17) is 25.7 Å². The summed E-state index contributed by atoms with van der Waals surface area (Å²) in [7, 11) is 2.90. The van der Waals surface area contributed by atoms with E-state index >= 15 is 0 Å². The maximum absolute atomic E-state index is 13.2. The molecule has 11 heteroatoms. The zero-order valence-electron chi connectivity index (χ0n) is 23.2. The lowest BCUT2D eigenvalue weighted by Crippen LogP contribution is -2.37. The lowest BCUT2D eigenvalue weighted by molar-refractivity contribution is -0.120. The zero-order chi connectivity index (χ0) is 29.4. The number of amides is 2. The van der Waals surface area contributed by atoms with Crippen molar-refractivity contribution < 1.29 is 38.5 Å². The number of methoxy groups -OCH3 is 2. The second-order valence-electron chi connectivity index (χ2n) is 9.97. The van der Waals surface area contributed by atoms with Gasteiger partial charge in [-0.05, 0) is 38.2 Å². The van der Waals surface area contributed by atoms with E-state index in [1.54, 1.807) is 26.0 Å². The Hall–Kier alpha value is -3.54. The number of rotatable bonds is 3. The Bertz CT molecular complexity index is 1130. The van der Waals surface area contributed by atoms with Crippen LogP contribution in [-0.2, 0) is 28.6 Å². The number of nitrogens with one attached hydrogen (secondary N) is 1. The maximum atomic E-state index is 13.2. The van der Waals surface area contributed by atoms with Crippen LogP contribution in [0.25, 0.3) is 0 Å². The van der Waals surface area contributed by atoms with Crippen LogP contribution in [0.2, 0.25) is 0 Å². The number of primary amides is 1. The van der Waals surface area contributed by atoms with Gasteiger partial charge in [0.15, 0.2) is 6.10 Å². The van der Waals surface area contributed by atoms with Gasteiger partial charge in [0.25, 0.3) is 5.91 Å². The molecule has 0 radical (unpaired) electrons. The van der Waals surface area contributed by atoms with E-state index in [0.717, 1.165) is 6.08 Å². The molecule has 214 valence electrons. The van der Waals surface area contributed by atoms with Crippen molar-refractivity contribution in [1.82, 2.24) is 5.32 Å². The normalized spacial score (nSPS) is 29.8. The molecule has 2 bridgehead atoms. The molecule has 1 aliphatic heterocycles. The first kappa shape index (κ1) is 31.7. The molecule has 2 rings (SSSR count). The number of allylic oxidation sites excluding steroid dienone is 4. The molecule has 0 saturated carbocycles. The highest BCUT2D eigenvalue weighted by Gasteiger charge is 2.32. The molecule has 11 nitrogen and oxygen atoms in total. The lowest BCUT2D eigenvalue weighted by Gasteiger charge is -2.29. The summed E-state index contributed by atoms with van der Waals surface area (Å²) < 4.78 is 16.4. The van der Waals surface area contributed by atoms with Crippen LogP contribution in [0.15, 0.2) is 58.5 Å². The van der Waals surface area contributed by atoms with Crippen molar-refractivity contribution in [2.45, 2.75) is 65.0 Å². The minimum absolute atomic E-state index is 0.104. The summed E-state index contributed by atoms with van der Waals surface area (Å²) >= 11 is 0. The largest absolute Gasteiger partial charge is 0.439 e. The number of ether oxygens (including phenoxy) is 3. The van der Waals surface area contributed by atoms with E-state index < -0.39 is 53.9 Å². The fourth-order valence-electron chi connectivity index (χ4n) is 4.61. The third-order valence-corrected chi connectivity index (χ3v) is 6.84. The molecule has 39 heavy (non-hydrogen) atoms. The minimum Gasteiger partial charge on any atom is -0.439 e. The molecule has 1 aliphatic carbocycles. The summed E-state index contributed by atoms with van der Waals surface area (Å²) in [6.45, 7) is 6.89. The number of carbonyl (C=O) groups excluding carboxylic acids is 4. The molecular weight excluding hydrogens is 506 g/mol. The third-order valence-electron chi connectivity index (χ3n) is 6.84. The van der Waals surface area contributed by atoms with Gasteiger partial charge < -0.3 is 36.1 Å². The molecule has 2 amide bonds. The van der Waals surface area contributed by atoms with Crippen LogP contribution in [0.4, 0.5) is 4.79 Å². The van der Waals surface area contributed by atoms with Crippen molar-refractivity contribution in [3.8, 4) is 0 Å². The van der Waals surface area contributed by atoms with Gasteiger partial charge in [-0.15, -0.1) is 0 Å². The molecule has 6 unspecified atom stereocenters. The van der Waals surface area contributed by atoms with Gasteiger partial charge in [-0.2, -0.15) is 0 Å². The van der Waals surface area contributed by atoms with Crippen LogP contribution in [0, 0.1) is 11.8 Å². The molecule has 6 N–H and O–H groups in total. The Balaban J connectivity index is 2.58. The van der Waals surface area contributed by atoms with E-state index in [0.29, 0.717) is 12.0 Å². The smallest absolute Gasteiger partial charge is 0.405 e. The van der Waals surface area contributed by atoms with Crippen molar-refractivity contribution in [2.75, 3.05) is 14.2 Å². The van der Waals surface area contributed by atoms with Gasteiger partial charge in [-0.25, -0.2) is 4.79 Å². The van der Waals surface area contributed by atoms with Gasteiger partial charge in [0, 0.05) is 37.4 Å². The van der Waals surface area contributed by atoms with Gasteiger partial charge >= 0.3 is 6.09 Å². The topological polar surface area (TPSA) is 180 Å². The van der Waals surface area contributed by atoms with Crippen LogP contribution >= 0.6 is 0 Å². The lowest BCUT2D eigenvalue weighted by atomic mass is 9.85. The number of ketones is 2. The highest BCUT2D eigenvalue weighted by molar-refractivity contribution is 6.23. The second-order valence-corrected chi connectivity index (χ2v) is 9.97. The molecule has 0 aromatic heterocycles. The Labute approximate surface area is 228 Å². The summed E-state index contributed by atoms with van der Waals surface area (Å²) in [4.78, 5) is 50.1. The molecule has 0 fully saturated rings.